The molecule has 2 N–H and O–H groups in total. The number of rotatable bonds is 1. The maximum Gasteiger partial charge on any atom is 0.0520 e. The highest BCUT2D eigenvalue weighted by Crippen LogP contribution is 2.40. The number of hydrogen-bond donors (Lipinski definition) is 1. The predicted molar refractivity (Wildman–Crippen MR) is 78.3 cm³/mol. The summed E-state index contributed by atoms with van der Waals surface area (Å²) in [5.41, 5.74) is 7.39. The van der Waals surface area contributed by atoms with Crippen LogP contribution in [0.4, 0.5) is 0 Å². The van der Waals surface area contributed by atoms with Crippen LogP contribution in [0.2, 0.25) is 10.0 Å². The Morgan fingerprint density at radius 1 is 1.28 bits per heavy atom. The Bertz CT molecular complexity index is 440. The minimum atomic E-state index is 0.0738. The van der Waals surface area contributed by atoms with Crippen molar-refractivity contribution in [2.45, 2.75) is 44.8 Å². The SMILES string of the molecule is CC(C)(C)N1CCC(N)C1c1cc(Cl)ccc1Cl. The molecule has 1 aliphatic heterocycles. The maximum absolute atomic E-state index is 6.32. The molecule has 1 aliphatic rings. The summed E-state index contributed by atoms with van der Waals surface area (Å²) in [6.45, 7) is 7.61. The van der Waals surface area contributed by atoms with E-state index in [1.807, 2.05) is 18.2 Å². The summed E-state index contributed by atoms with van der Waals surface area (Å²) in [6, 6.07) is 5.87. The van der Waals surface area contributed by atoms with Gasteiger partial charge in [0.1, 0.15) is 0 Å². The highest BCUT2D eigenvalue weighted by Gasteiger charge is 2.39. The summed E-state index contributed by atoms with van der Waals surface area (Å²) < 4.78 is 0. The monoisotopic (exact) mass is 286 g/mol. The Balaban J connectivity index is 2.43. The molecule has 0 bridgehead atoms. The van der Waals surface area contributed by atoms with E-state index in [-0.39, 0.29) is 17.6 Å². The second-order valence-electron chi connectivity index (χ2n) is 5.93. The van der Waals surface area contributed by atoms with Gasteiger partial charge in [0.15, 0.2) is 0 Å². The molecule has 0 saturated carbocycles. The van der Waals surface area contributed by atoms with Crippen LogP contribution in [-0.4, -0.2) is 23.0 Å². The summed E-state index contributed by atoms with van der Waals surface area (Å²) >= 11 is 12.4. The molecule has 0 amide bonds. The average molecular weight is 287 g/mol. The highest BCUT2D eigenvalue weighted by atomic mass is 35.5. The first-order chi connectivity index (χ1) is 8.30. The van der Waals surface area contributed by atoms with Crippen LogP contribution in [0.25, 0.3) is 0 Å². The van der Waals surface area contributed by atoms with E-state index in [9.17, 15) is 0 Å². The highest BCUT2D eigenvalue weighted by molar-refractivity contribution is 6.33. The molecule has 1 heterocycles. The minimum Gasteiger partial charge on any atom is -0.326 e. The van der Waals surface area contributed by atoms with E-state index in [2.05, 4.69) is 25.7 Å². The standard InChI is InChI=1S/C14H20Cl2N2/c1-14(2,3)18-7-6-12(17)13(18)10-8-9(15)4-5-11(10)16/h4-5,8,12-13H,6-7,17H2,1-3H3. The van der Waals surface area contributed by atoms with Crippen LogP contribution in [0.5, 0.6) is 0 Å². The lowest BCUT2D eigenvalue weighted by molar-refractivity contribution is 0.117. The fraction of sp³-hybridized carbons (Fsp3) is 0.571. The van der Waals surface area contributed by atoms with Crippen LogP contribution in [0.15, 0.2) is 18.2 Å². The van der Waals surface area contributed by atoms with Crippen molar-refractivity contribution < 1.29 is 0 Å². The molecular weight excluding hydrogens is 267 g/mol. The molecule has 1 fully saturated rings. The van der Waals surface area contributed by atoms with Crippen LogP contribution < -0.4 is 5.73 Å². The van der Waals surface area contributed by atoms with Gasteiger partial charge >= 0.3 is 0 Å². The van der Waals surface area contributed by atoms with Gasteiger partial charge in [-0.25, -0.2) is 0 Å². The minimum absolute atomic E-state index is 0.0738. The van der Waals surface area contributed by atoms with Gasteiger partial charge in [-0.05, 0) is 51.0 Å². The number of halogens is 2. The third-order valence-electron chi connectivity index (χ3n) is 3.58. The van der Waals surface area contributed by atoms with E-state index in [0.717, 1.165) is 23.6 Å². The van der Waals surface area contributed by atoms with Gasteiger partial charge < -0.3 is 5.73 Å². The number of nitrogens with two attached hydrogens (primary N) is 1. The largest absolute Gasteiger partial charge is 0.326 e. The van der Waals surface area contributed by atoms with Gasteiger partial charge in [0, 0.05) is 28.2 Å². The van der Waals surface area contributed by atoms with Crippen molar-refractivity contribution >= 4 is 23.2 Å². The van der Waals surface area contributed by atoms with Crippen LogP contribution in [0, 0.1) is 0 Å². The second kappa shape index (κ2) is 5.01. The Labute approximate surface area is 119 Å². The van der Waals surface area contributed by atoms with Gasteiger partial charge in [-0.1, -0.05) is 23.2 Å². The first-order valence-corrected chi connectivity index (χ1v) is 7.03. The number of benzene rings is 1. The number of likely N-dealkylation sites (tertiary alicyclic amines) is 1. The Morgan fingerprint density at radius 2 is 1.94 bits per heavy atom. The van der Waals surface area contributed by atoms with Crippen molar-refractivity contribution in [1.82, 2.24) is 4.90 Å². The molecule has 100 valence electrons. The molecule has 0 radical (unpaired) electrons. The smallest absolute Gasteiger partial charge is 0.0520 e. The van der Waals surface area contributed by atoms with Crippen LogP contribution >= 0.6 is 23.2 Å². The molecule has 2 atom stereocenters. The molecule has 0 aliphatic carbocycles. The lowest BCUT2D eigenvalue weighted by atomic mass is 9.97. The van der Waals surface area contributed by atoms with Gasteiger partial charge in [-0.2, -0.15) is 0 Å². The molecule has 2 rings (SSSR count). The molecule has 0 spiro atoms. The van der Waals surface area contributed by atoms with Gasteiger partial charge in [-0.15, -0.1) is 0 Å². The molecule has 1 saturated heterocycles. The van der Waals surface area contributed by atoms with Crippen molar-refractivity contribution in [2.24, 2.45) is 5.73 Å². The second-order valence-corrected chi connectivity index (χ2v) is 6.77. The number of nitrogens with zero attached hydrogens (tertiary/aromatic N) is 1. The molecule has 2 nitrogen and oxygen atoms in total. The van der Waals surface area contributed by atoms with Crippen molar-refractivity contribution in [2.75, 3.05) is 6.54 Å². The Kier molecular flexibility index (Phi) is 3.93. The van der Waals surface area contributed by atoms with Crippen molar-refractivity contribution in [3.8, 4) is 0 Å². The van der Waals surface area contributed by atoms with Crippen LogP contribution in [-0.2, 0) is 0 Å². The van der Waals surface area contributed by atoms with Crippen molar-refractivity contribution in [3.05, 3.63) is 33.8 Å². The fourth-order valence-corrected chi connectivity index (χ4v) is 3.12. The van der Waals surface area contributed by atoms with Crippen molar-refractivity contribution in [3.63, 3.8) is 0 Å². The zero-order valence-electron chi connectivity index (χ0n) is 11.1. The number of hydrogen-bond acceptors (Lipinski definition) is 2. The third kappa shape index (κ3) is 2.67. The lowest BCUT2D eigenvalue weighted by Crippen LogP contribution is -2.43. The molecule has 4 heteroatoms. The van der Waals surface area contributed by atoms with Crippen LogP contribution in [0.1, 0.15) is 38.8 Å². The van der Waals surface area contributed by atoms with E-state index in [1.54, 1.807) is 0 Å². The molecule has 0 aromatic heterocycles. The lowest BCUT2D eigenvalue weighted by Gasteiger charge is -2.38. The molecule has 1 aromatic carbocycles. The molecule has 18 heavy (non-hydrogen) atoms. The van der Waals surface area contributed by atoms with E-state index in [1.165, 1.54) is 0 Å². The van der Waals surface area contributed by atoms with Gasteiger partial charge in [0.05, 0.1) is 6.04 Å². The summed E-state index contributed by atoms with van der Waals surface area (Å²) in [5.74, 6) is 0. The zero-order chi connectivity index (χ0) is 13.5. The zero-order valence-corrected chi connectivity index (χ0v) is 12.6. The van der Waals surface area contributed by atoms with E-state index < -0.39 is 0 Å². The summed E-state index contributed by atoms with van der Waals surface area (Å²) in [6.07, 6.45) is 0.991. The van der Waals surface area contributed by atoms with Crippen LogP contribution in [0.3, 0.4) is 0 Å². The third-order valence-corrected chi connectivity index (χ3v) is 4.16. The Hall–Kier alpha value is -0.280. The topological polar surface area (TPSA) is 29.3 Å². The van der Waals surface area contributed by atoms with Crippen molar-refractivity contribution in [1.29, 1.82) is 0 Å². The van der Waals surface area contributed by atoms with Gasteiger partial charge in [0.25, 0.3) is 0 Å². The van der Waals surface area contributed by atoms with Gasteiger partial charge in [0.2, 0.25) is 0 Å². The van der Waals surface area contributed by atoms with E-state index in [0.29, 0.717) is 5.02 Å². The quantitative estimate of drug-likeness (QED) is 0.849. The first-order valence-electron chi connectivity index (χ1n) is 6.28. The summed E-state index contributed by atoms with van der Waals surface area (Å²) in [4.78, 5) is 2.41. The Morgan fingerprint density at radius 3 is 2.56 bits per heavy atom. The fourth-order valence-electron chi connectivity index (χ4n) is 2.71. The molecule has 1 aromatic rings. The normalized spacial score (nSPS) is 25.7. The maximum atomic E-state index is 6.32. The summed E-state index contributed by atoms with van der Waals surface area (Å²) in [5, 5.41) is 1.46. The summed E-state index contributed by atoms with van der Waals surface area (Å²) in [7, 11) is 0. The van der Waals surface area contributed by atoms with E-state index >= 15 is 0 Å². The average Bonchev–Trinajstić information content (AvgIpc) is 2.63. The van der Waals surface area contributed by atoms with E-state index in [4.69, 9.17) is 28.9 Å². The first kappa shape index (κ1) is 14.1. The molecule has 2 unspecified atom stereocenters. The molecular formula is C14H20Cl2N2. The van der Waals surface area contributed by atoms with Gasteiger partial charge in [-0.3, -0.25) is 4.90 Å². The predicted octanol–water partition coefficient (Wildman–Crippen LogP) is 3.87.